The summed E-state index contributed by atoms with van der Waals surface area (Å²) in [6, 6.07) is 7.14. The van der Waals surface area contributed by atoms with E-state index in [2.05, 4.69) is 4.72 Å². The highest BCUT2D eigenvalue weighted by molar-refractivity contribution is 7.92. The van der Waals surface area contributed by atoms with Crippen molar-refractivity contribution >= 4 is 15.7 Å². The van der Waals surface area contributed by atoms with Gasteiger partial charge in [0.1, 0.15) is 0 Å². The number of benzene rings is 1. The summed E-state index contributed by atoms with van der Waals surface area (Å²) in [6.07, 6.45) is 2.06. The standard InChI is InChI=1S/C12H18N2O2S/c1-9(13)11-3-2-4-12(7-11)14-17(15,16)8-10-5-6-10/h2-4,7,9-10,14H,5-6,8,13H2,1H3. The third kappa shape index (κ3) is 3.71. The third-order valence-electron chi connectivity index (χ3n) is 2.84. The van der Waals surface area contributed by atoms with E-state index in [1.54, 1.807) is 12.1 Å². The molecule has 94 valence electrons. The summed E-state index contributed by atoms with van der Waals surface area (Å²) >= 11 is 0. The van der Waals surface area contributed by atoms with Crippen LogP contribution in [-0.4, -0.2) is 14.2 Å². The molecule has 0 bridgehead atoms. The molecule has 0 aromatic heterocycles. The van der Waals surface area contributed by atoms with Gasteiger partial charge in [-0.05, 0) is 43.4 Å². The van der Waals surface area contributed by atoms with Crippen molar-refractivity contribution in [1.82, 2.24) is 0 Å². The zero-order valence-corrected chi connectivity index (χ0v) is 10.7. The maximum Gasteiger partial charge on any atom is 0.232 e. The molecule has 0 radical (unpaired) electrons. The average Bonchev–Trinajstić information content (AvgIpc) is 3.00. The molecule has 0 amide bonds. The van der Waals surface area contributed by atoms with Crippen LogP contribution in [0.15, 0.2) is 24.3 Å². The lowest BCUT2D eigenvalue weighted by molar-refractivity contribution is 0.597. The molecule has 0 saturated heterocycles. The molecule has 0 spiro atoms. The Balaban J connectivity index is 2.09. The van der Waals surface area contributed by atoms with Gasteiger partial charge < -0.3 is 5.73 Å². The monoisotopic (exact) mass is 254 g/mol. The fourth-order valence-electron chi connectivity index (χ4n) is 1.70. The lowest BCUT2D eigenvalue weighted by atomic mass is 10.1. The molecule has 0 heterocycles. The molecule has 1 aromatic rings. The first-order valence-electron chi connectivity index (χ1n) is 5.82. The second-order valence-corrected chi connectivity index (χ2v) is 6.51. The first-order chi connectivity index (χ1) is 7.96. The van der Waals surface area contributed by atoms with Crippen LogP contribution in [0.2, 0.25) is 0 Å². The minimum atomic E-state index is -3.20. The van der Waals surface area contributed by atoms with Crippen molar-refractivity contribution < 1.29 is 8.42 Å². The maximum absolute atomic E-state index is 11.8. The zero-order valence-electron chi connectivity index (χ0n) is 9.89. The minimum Gasteiger partial charge on any atom is -0.324 e. The van der Waals surface area contributed by atoms with Crippen molar-refractivity contribution in [1.29, 1.82) is 0 Å². The predicted molar refractivity (Wildman–Crippen MR) is 69.2 cm³/mol. The highest BCUT2D eigenvalue weighted by atomic mass is 32.2. The van der Waals surface area contributed by atoms with Crippen molar-refractivity contribution in [2.24, 2.45) is 11.7 Å². The van der Waals surface area contributed by atoms with Crippen molar-refractivity contribution in [3.8, 4) is 0 Å². The second kappa shape index (κ2) is 4.66. The molecular formula is C12H18N2O2S. The van der Waals surface area contributed by atoms with E-state index in [0.29, 0.717) is 11.6 Å². The second-order valence-electron chi connectivity index (χ2n) is 4.74. The topological polar surface area (TPSA) is 72.2 Å². The molecule has 1 aromatic carbocycles. The molecule has 17 heavy (non-hydrogen) atoms. The van der Waals surface area contributed by atoms with Crippen LogP contribution in [0.3, 0.4) is 0 Å². The van der Waals surface area contributed by atoms with Gasteiger partial charge in [0.2, 0.25) is 10.0 Å². The van der Waals surface area contributed by atoms with E-state index < -0.39 is 10.0 Å². The number of sulfonamides is 1. The zero-order chi connectivity index (χ0) is 12.5. The van der Waals surface area contributed by atoms with Crippen LogP contribution in [0.4, 0.5) is 5.69 Å². The molecule has 1 fully saturated rings. The molecule has 4 nitrogen and oxygen atoms in total. The van der Waals surface area contributed by atoms with E-state index in [1.165, 1.54) is 0 Å². The van der Waals surface area contributed by atoms with Gasteiger partial charge in [-0.3, -0.25) is 4.72 Å². The first-order valence-corrected chi connectivity index (χ1v) is 7.47. The summed E-state index contributed by atoms with van der Waals surface area (Å²) in [7, 11) is -3.20. The molecule has 3 N–H and O–H groups in total. The van der Waals surface area contributed by atoms with Crippen molar-refractivity contribution in [3.05, 3.63) is 29.8 Å². The molecule has 0 aliphatic heterocycles. The molecule has 2 rings (SSSR count). The highest BCUT2D eigenvalue weighted by Crippen LogP contribution is 2.30. The van der Waals surface area contributed by atoms with E-state index in [9.17, 15) is 8.42 Å². The Labute approximate surface area is 102 Å². The highest BCUT2D eigenvalue weighted by Gasteiger charge is 2.27. The van der Waals surface area contributed by atoms with Gasteiger partial charge in [0, 0.05) is 11.7 Å². The summed E-state index contributed by atoms with van der Waals surface area (Å²) in [4.78, 5) is 0. The molecule has 1 atom stereocenters. The minimum absolute atomic E-state index is 0.0945. The van der Waals surface area contributed by atoms with Gasteiger partial charge in [0.05, 0.1) is 5.75 Å². The largest absolute Gasteiger partial charge is 0.324 e. The van der Waals surface area contributed by atoms with E-state index >= 15 is 0 Å². The molecule has 1 aliphatic rings. The fourth-order valence-corrected chi connectivity index (χ4v) is 3.22. The van der Waals surface area contributed by atoms with Gasteiger partial charge in [-0.15, -0.1) is 0 Å². The van der Waals surface area contributed by atoms with Gasteiger partial charge in [0.15, 0.2) is 0 Å². The maximum atomic E-state index is 11.8. The summed E-state index contributed by atoms with van der Waals surface area (Å²) in [5.74, 6) is 0.583. The summed E-state index contributed by atoms with van der Waals surface area (Å²) < 4.78 is 26.2. The number of hydrogen-bond acceptors (Lipinski definition) is 3. The van der Waals surface area contributed by atoms with Gasteiger partial charge >= 0.3 is 0 Å². The smallest absolute Gasteiger partial charge is 0.232 e. The number of anilines is 1. The van der Waals surface area contributed by atoms with Crippen LogP contribution in [0.25, 0.3) is 0 Å². The van der Waals surface area contributed by atoms with Gasteiger partial charge in [-0.1, -0.05) is 12.1 Å². The van der Waals surface area contributed by atoms with Crippen LogP contribution >= 0.6 is 0 Å². The molecule has 1 saturated carbocycles. The molecule has 1 unspecified atom stereocenters. The first kappa shape index (κ1) is 12.4. The Hall–Kier alpha value is -1.07. The normalized spacial score (nSPS) is 17.8. The van der Waals surface area contributed by atoms with E-state index in [4.69, 9.17) is 5.73 Å². The number of nitrogens with one attached hydrogen (secondary N) is 1. The van der Waals surface area contributed by atoms with Crippen LogP contribution in [0.5, 0.6) is 0 Å². The Morgan fingerprint density at radius 1 is 1.47 bits per heavy atom. The van der Waals surface area contributed by atoms with Gasteiger partial charge in [0.25, 0.3) is 0 Å². The lowest BCUT2D eigenvalue weighted by Gasteiger charge is -2.10. The number of rotatable bonds is 5. The quantitative estimate of drug-likeness (QED) is 0.842. The van der Waals surface area contributed by atoms with E-state index in [1.807, 2.05) is 19.1 Å². The van der Waals surface area contributed by atoms with Gasteiger partial charge in [-0.2, -0.15) is 0 Å². The summed E-state index contributed by atoms with van der Waals surface area (Å²) in [6.45, 7) is 1.87. The Morgan fingerprint density at radius 3 is 2.76 bits per heavy atom. The van der Waals surface area contributed by atoms with Crippen molar-refractivity contribution in [2.75, 3.05) is 10.5 Å². The van der Waals surface area contributed by atoms with Crippen LogP contribution in [-0.2, 0) is 10.0 Å². The molecular weight excluding hydrogens is 236 g/mol. The Bertz CT molecular complexity index is 493. The summed E-state index contributed by atoms with van der Waals surface area (Å²) in [5.41, 5.74) is 7.28. The van der Waals surface area contributed by atoms with E-state index in [0.717, 1.165) is 18.4 Å². The predicted octanol–water partition coefficient (Wildman–Crippen LogP) is 1.86. The number of nitrogens with two attached hydrogens (primary N) is 1. The average molecular weight is 254 g/mol. The SMILES string of the molecule is CC(N)c1cccc(NS(=O)(=O)CC2CC2)c1. The Kier molecular flexibility index (Phi) is 3.40. The molecule has 1 aliphatic carbocycles. The lowest BCUT2D eigenvalue weighted by Crippen LogP contribution is -2.18. The van der Waals surface area contributed by atoms with Gasteiger partial charge in [-0.25, -0.2) is 8.42 Å². The van der Waals surface area contributed by atoms with E-state index in [-0.39, 0.29) is 11.8 Å². The van der Waals surface area contributed by atoms with Crippen LogP contribution in [0, 0.1) is 5.92 Å². The Morgan fingerprint density at radius 2 is 2.18 bits per heavy atom. The fraction of sp³-hybridized carbons (Fsp3) is 0.500. The van der Waals surface area contributed by atoms with Crippen LogP contribution in [0.1, 0.15) is 31.4 Å². The third-order valence-corrected chi connectivity index (χ3v) is 4.29. The van der Waals surface area contributed by atoms with Crippen molar-refractivity contribution in [2.45, 2.75) is 25.8 Å². The van der Waals surface area contributed by atoms with Crippen LogP contribution < -0.4 is 10.5 Å². The summed E-state index contributed by atoms with van der Waals surface area (Å²) in [5, 5.41) is 0. The van der Waals surface area contributed by atoms with Crippen molar-refractivity contribution in [3.63, 3.8) is 0 Å². The molecule has 5 heteroatoms. The number of hydrogen-bond donors (Lipinski definition) is 2.